The third-order valence-electron chi connectivity index (χ3n) is 1.27. The standard InChI is InChI=1S/C5H5N.C4H9NO2S.ClH/c1-2-4-6-5-3-1;1-7-4(6)3(5)2-8;/h1-5H;3,8H,2,5H2,1H3;1H/t;3-;/m.0./s1. The van der Waals surface area contributed by atoms with Gasteiger partial charge >= 0.3 is 5.97 Å². The van der Waals surface area contributed by atoms with Gasteiger partial charge in [0.2, 0.25) is 0 Å². The van der Waals surface area contributed by atoms with Crippen molar-refractivity contribution in [3.8, 4) is 0 Å². The molecule has 1 heterocycles. The molecule has 0 saturated heterocycles. The summed E-state index contributed by atoms with van der Waals surface area (Å²) in [4.78, 5) is 14.1. The highest BCUT2D eigenvalue weighted by atomic mass is 35.5. The Hall–Kier alpha value is -0.780. The second-order valence-electron chi connectivity index (χ2n) is 2.34. The summed E-state index contributed by atoms with van der Waals surface area (Å²) in [6.07, 6.45) is 3.50. The first kappa shape index (κ1) is 16.6. The molecule has 0 fully saturated rings. The largest absolute Gasteiger partial charge is 0.468 e. The molecule has 0 spiro atoms. The Kier molecular flexibility index (Phi) is 12.5. The van der Waals surface area contributed by atoms with Gasteiger partial charge in [0.1, 0.15) is 6.04 Å². The number of esters is 1. The maximum Gasteiger partial charge on any atom is 0.323 e. The first-order valence-corrected chi connectivity index (χ1v) is 4.65. The number of aromatic nitrogens is 1. The summed E-state index contributed by atoms with van der Waals surface area (Å²) in [6.45, 7) is 0. The number of hydrogen-bond acceptors (Lipinski definition) is 5. The molecule has 0 aliphatic rings. The van der Waals surface area contributed by atoms with Gasteiger partial charge in [0.25, 0.3) is 0 Å². The van der Waals surface area contributed by atoms with E-state index in [0.717, 1.165) is 0 Å². The molecule has 6 heteroatoms. The number of nitrogens with two attached hydrogens (primary N) is 1. The average Bonchev–Trinajstić information content (AvgIpc) is 2.30. The van der Waals surface area contributed by atoms with Crippen LogP contribution in [0.25, 0.3) is 0 Å². The quantitative estimate of drug-likeness (QED) is 0.605. The van der Waals surface area contributed by atoms with Crippen molar-refractivity contribution in [1.29, 1.82) is 0 Å². The van der Waals surface area contributed by atoms with Crippen LogP contribution in [0.1, 0.15) is 0 Å². The maximum atomic E-state index is 10.3. The number of pyridine rings is 1. The molecule has 0 aliphatic heterocycles. The monoisotopic (exact) mass is 250 g/mol. The first-order valence-electron chi connectivity index (χ1n) is 4.01. The van der Waals surface area contributed by atoms with Crippen LogP contribution in [-0.4, -0.2) is 29.9 Å². The van der Waals surface area contributed by atoms with Crippen LogP contribution in [-0.2, 0) is 9.53 Å². The fourth-order valence-electron chi connectivity index (χ4n) is 0.539. The Morgan fingerprint density at radius 2 is 2.00 bits per heavy atom. The summed E-state index contributed by atoms with van der Waals surface area (Å²) in [5.41, 5.74) is 5.18. The van der Waals surface area contributed by atoms with Crippen LogP contribution in [0.2, 0.25) is 0 Å². The van der Waals surface area contributed by atoms with Gasteiger partial charge < -0.3 is 10.5 Å². The van der Waals surface area contributed by atoms with E-state index in [1.165, 1.54) is 7.11 Å². The minimum absolute atomic E-state index is 0. The van der Waals surface area contributed by atoms with Gasteiger partial charge in [-0.15, -0.1) is 12.4 Å². The molecule has 2 N–H and O–H groups in total. The highest BCUT2D eigenvalue weighted by Gasteiger charge is 2.09. The molecule has 0 saturated carbocycles. The highest BCUT2D eigenvalue weighted by molar-refractivity contribution is 7.80. The molecule has 0 aliphatic carbocycles. The van der Waals surface area contributed by atoms with Crippen LogP contribution in [0.5, 0.6) is 0 Å². The predicted octanol–water partition coefficient (Wildman–Crippen LogP) is 0.920. The van der Waals surface area contributed by atoms with Crippen molar-refractivity contribution in [3.63, 3.8) is 0 Å². The zero-order valence-electron chi connectivity index (χ0n) is 8.37. The predicted molar refractivity (Wildman–Crippen MR) is 65.3 cm³/mol. The summed E-state index contributed by atoms with van der Waals surface area (Å²) in [6, 6.07) is 5.14. The van der Waals surface area contributed by atoms with Crippen molar-refractivity contribution in [2.45, 2.75) is 6.04 Å². The lowest BCUT2D eigenvalue weighted by molar-refractivity contribution is -0.141. The highest BCUT2D eigenvalue weighted by Crippen LogP contribution is 1.84. The molecule has 1 rings (SSSR count). The van der Waals surface area contributed by atoms with Gasteiger partial charge in [0.05, 0.1) is 7.11 Å². The van der Waals surface area contributed by atoms with Crippen molar-refractivity contribution in [2.75, 3.05) is 12.9 Å². The molecule has 15 heavy (non-hydrogen) atoms. The number of rotatable bonds is 2. The third kappa shape index (κ3) is 9.52. The Morgan fingerprint density at radius 3 is 2.13 bits per heavy atom. The number of thiol groups is 1. The smallest absolute Gasteiger partial charge is 0.323 e. The zero-order chi connectivity index (χ0) is 10.8. The fraction of sp³-hybridized carbons (Fsp3) is 0.333. The number of ether oxygens (including phenoxy) is 1. The molecule has 0 aromatic carbocycles. The van der Waals surface area contributed by atoms with Gasteiger partial charge in [-0.3, -0.25) is 9.78 Å². The number of nitrogens with zero attached hydrogens (tertiary/aromatic N) is 1. The van der Waals surface area contributed by atoms with Crippen molar-refractivity contribution >= 4 is 31.0 Å². The fourth-order valence-corrected chi connectivity index (χ4v) is 0.688. The normalized spacial score (nSPS) is 10.1. The lowest BCUT2D eigenvalue weighted by atomic mass is 10.4. The maximum absolute atomic E-state index is 10.3. The van der Waals surface area contributed by atoms with E-state index < -0.39 is 12.0 Å². The van der Waals surface area contributed by atoms with Crippen LogP contribution in [0, 0.1) is 0 Å². The molecule has 4 nitrogen and oxygen atoms in total. The minimum Gasteiger partial charge on any atom is -0.468 e. The summed E-state index contributed by atoms with van der Waals surface area (Å²) >= 11 is 3.78. The second kappa shape index (κ2) is 11.3. The summed E-state index contributed by atoms with van der Waals surface area (Å²) in [7, 11) is 1.30. The summed E-state index contributed by atoms with van der Waals surface area (Å²) in [5.74, 6) is -0.0906. The molecule has 0 bridgehead atoms. The van der Waals surface area contributed by atoms with Crippen LogP contribution < -0.4 is 5.73 Å². The van der Waals surface area contributed by atoms with Crippen molar-refractivity contribution < 1.29 is 9.53 Å². The summed E-state index contributed by atoms with van der Waals surface area (Å²) in [5, 5.41) is 0. The van der Waals surface area contributed by atoms with Crippen LogP contribution in [0.15, 0.2) is 30.6 Å². The lowest BCUT2D eigenvalue weighted by Gasteiger charge is -2.02. The Balaban J connectivity index is 0. The van der Waals surface area contributed by atoms with E-state index in [1.54, 1.807) is 12.4 Å². The van der Waals surface area contributed by atoms with Gasteiger partial charge in [-0.05, 0) is 12.1 Å². The molecule has 0 unspecified atom stereocenters. The topological polar surface area (TPSA) is 65.2 Å². The SMILES string of the molecule is COC(=O)[C@@H](N)CS.Cl.c1ccncc1. The number of carbonyl (C=O) groups is 1. The Morgan fingerprint density at radius 1 is 1.47 bits per heavy atom. The van der Waals surface area contributed by atoms with Crippen molar-refractivity contribution in [2.24, 2.45) is 5.73 Å². The molecule has 0 amide bonds. The molecule has 1 aromatic heterocycles. The van der Waals surface area contributed by atoms with E-state index in [2.05, 4.69) is 22.3 Å². The molecular formula is C9H15ClN2O2S. The average molecular weight is 251 g/mol. The third-order valence-corrected chi connectivity index (χ3v) is 1.66. The molecule has 1 atom stereocenters. The lowest BCUT2D eigenvalue weighted by Crippen LogP contribution is -2.32. The number of carbonyl (C=O) groups excluding carboxylic acids is 1. The van der Waals surface area contributed by atoms with Gasteiger partial charge in [0.15, 0.2) is 0 Å². The minimum atomic E-state index is -0.580. The zero-order valence-corrected chi connectivity index (χ0v) is 10.1. The first-order chi connectivity index (χ1) is 6.72. The van der Waals surface area contributed by atoms with Crippen LogP contribution >= 0.6 is 25.0 Å². The van der Waals surface area contributed by atoms with E-state index in [4.69, 9.17) is 5.73 Å². The van der Waals surface area contributed by atoms with E-state index in [9.17, 15) is 4.79 Å². The number of halogens is 1. The van der Waals surface area contributed by atoms with Crippen molar-refractivity contribution in [1.82, 2.24) is 4.98 Å². The molecule has 1 aromatic rings. The number of hydrogen-bond donors (Lipinski definition) is 2. The van der Waals surface area contributed by atoms with E-state index >= 15 is 0 Å². The second-order valence-corrected chi connectivity index (χ2v) is 2.70. The van der Waals surface area contributed by atoms with Gasteiger partial charge in [0, 0.05) is 18.1 Å². The molecule has 86 valence electrons. The van der Waals surface area contributed by atoms with Crippen molar-refractivity contribution in [3.05, 3.63) is 30.6 Å². The summed E-state index contributed by atoms with van der Waals surface area (Å²) < 4.78 is 4.29. The number of methoxy groups -OCH3 is 1. The van der Waals surface area contributed by atoms with Gasteiger partial charge in [-0.2, -0.15) is 12.6 Å². The Bertz CT molecular complexity index is 222. The Labute approximate surface area is 101 Å². The van der Waals surface area contributed by atoms with Gasteiger partial charge in [-0.25, -0.2) is 0 Å². The molecule has 0 radical (unpaired) electrons. The molecular weight excluding hydrogens is 236 g/mol. The van der Waals surface area contributed by atoms with E-state index in [1.807, 2.05) is 18.2 Å². The van der Waals surface area contributed by atoms with Crippen LogP contribution in [0.4, 0.5) is 0 Å². The van der Waals surface area contributed by atoms with E-state index in [0.29, 0.717) is 5.75 Å². The van der Waals surface area contributed by atoms with Gasteiger partial charge in [-0.1, -0.05) is 6.07 Å². The van der Waals surface area contributed by atoms with Crippen LogP contribution in [0.3, 0.4) is 0 Å². The van der Waals surface area contributed by atoms with E-state index in [-0.39, 0.29) is 12.4 Å².